The summed E-state index contributed by atoms with van der Waals surface area (Å²) in [7, 11) is 0. The number of carboxylic acid groups (broad SMARTS) is 2. The number of H-pyrrole nitrogens is 2. The van der Waals surface area contributed by atoms with Gasteiger partial charge in [-0.2, -0.15) is 12.6 Å². The van der Waals surface area contributed by atoms with Crippen LogP contribution in [0.2, 0.25) is 0 Å². The quantitative estimate of drug-likeness (QED) is 0.156. The lowest BCUT2D eigenvalue weighted by Gasteiger charge is -2.13. The van der Waals surface area contributed by atoms with E-state index in [0.717, 1.165) is 62.7 Å². The second-order valence-corrected chi connectivity index (χ2v) is 12.1. The summed E-state index contributed by atoms with van der Waals surface area (Å²) in [5.74, 6) is -1.75. The fraction of sp³-hybridized carbons (Fsp3) is 0.455. The summed E-state index contributed by atoms with van der Waals surface area (Å²) in [4.78, 5) is 55.1. The summed E-state index contributed by atoms with van der Waals surface area (Å²) in [5, 5.41) is 25.0. The number of amides is 2. The lowest BCUT2D eigenvalue weighted by molar-refractivity contribution is -0.138. The number of carbonyl (C=O) groups is 4. The Morgan fingerprint density at radius 2 is 1.55 bits per heavy atom. The van der Waals surface area contributed by atoms with E-state index >= 15 is 0 Å². The first kappa shape index (κ1) is 32.9. The Labute approximate surface area is 262 Å². The van der Waals surface area contributed by atoms with Crippen LogP contribution >= 0.6 is 12.6 Å². The maximum absolute atomic E-state index is 12.6. The van der Waals surface area contributed by atoms with Gasteiger partial charge in [0.25, 0.3) is 5.91 Å². The van der Waals surface area contributed by atoms with Crippen molar-refractivity contribution in [1.29, 1.82) is 0 Å². The number of aliphatic carboxylic acids is 2. The van der Waals surface area contributed by atoms with Gasteiger partial charge in [0.15, 0.2) is 0 Å². The van der Waals surface area contributed by atoms with Crippen molar-refractivity contribution in [2.24, 2.45) is 11.8 Å². The predicted octanol–water partition coefficient (Wildman–Crippen LogP) is 4.17. The molecule has 0 aliphatic carbocycles. The monoisotopic (exact) mass is 622 g/mol. The van der Waals surface area contributed by atoms with Crippen molar-refractivity contribution >= 4 is 42.5 Å². The lowest BCUT2D eigenvalue weighted by atomic mass is 9.91. The highest BCUT2D eigenvalue weighted by Gasteiger charge is 2.36. The van der Waals surface area contributed by atoms with Crippen LogP contribution in [0.3, 0.4) is 0 Å². The molecule has 4 heterocycles. The van der Waals surface area contributed by atoms with Crippen LogP contribution in [0.15, 0.2) is 29.5 Å². The van der Waals surface area contributed by atoms with Crippen molar-refractivity contribution in [2.45, 2.75) is 78.7 Å². The van der Waals surface area contributed by atoms with Gasteiger partial charge in [-0.1, -0.05) is 19.6 Å². The molecule has 236 valence electrons. The van der Waals surface area contributed by atoms with Crippen LogP contribution in [0.1, 0.15) is 78.1 Å². The number of aromatic amines is 2. The highest BCUT2D eigenvalue weighted by molar-refractivity contribution is 7.80. The molecule has 0 unspecified atom stereocenters. The number of allylic oxidation sites excluding steroid dienone is 1. The number of hydrogen-bond acceptors (Lipinski definition) is 5. The Kier molecular flexibility index (Phi) is 10.3. The van der Waals surface area contributed by atoms with Crippen molar-refractivity contribution < 1.29 is 29.4 Å². The second-order valence-electron chi connectivity index (χ2n) is 11.7. The van der Waals surface area contributed by atoms with Crippen LogP contribution in [0.25, 0.3) is 6.08 Å². The van der Waals surface area contributed by atoms with E-state index in [1.807, 2.05) is 33.8 Å². The molecule has 4 rings (SSSR count). The molecule has 2 amide bonds. The first-order valence-electron chi connectivity index (χ1n) is 15.0. The predicted molar refractivity (Wildman–Crippen MR) is 172 cm³/mol. The normalized spacial score (nSPS) is 20.8. The molecule has 44 heavy (non-hydrogen) atoms. The van der Waals surface area contributed by atoms with Crippen LogP contribution in [0, 0.1) is 25.7 Å². The van der Waals surface area contributed by atoms with Gasteiger partial charge in [0.2, 0.25) is 5.91 Å². The van der Waals surface area contributed by atoms with Gasteiger partial charge in [-0.3, -0.25) is 19.2 Å². The number of rotatable bonds is 14. The Balaban J connectivity index is 1.74. The van der Waals surface area contributed by atoms with Gasteiger partial charge in [-0.15, -0.1) is 0 Å². The Hall–Kier alpha value is -3.99. The van der Waals surface area contributed by atoms with E-state index in [1.165, 1.54) is 0 Å². The molecule has 0 saturated carbocycles. The Morgan fingerprint density at radius 1 is 0.932 bits per heavy atom. The highest BCUT2D eigenvalue weighted by Crippen LogP contribution is 2.34. The van der Waals surface area contributed by atoms with E-state index < -0.39 is 11.9 Å². The summed E-state index contributed by atoms with van der Waals surface area (Å²) in [6.07, 6.45) is 5.76. The number of hydrogen-bond donors (Lipinski definition) is 7. The molecule has 2 aromatic heterocycles. The molecule has 0 radical (unpaired) electrons. The molecular formula is C33H42N4O6S. The van der Waals surface area contributed by atoms with Crippen LogP contribution in [0.5, 0.6) is 0 Å². The number of thiol groups is 1. The largest absolute Gasteiger partial charge is 0.481 e. The van der Waals surface area contributed by atoms with Crippen molar-refractivity contribution in [2.75, 3.05) is 5.75 Å². The van der Waals surface area contributed by atoms with Crippen LogP contribution in [-0.4, -0.2) is 55.7 Å². The molecule has 2 aliphatic rings. The van der Waals surface area contributed by atoms with Gasteiger partial charge < -0.3 is 30.8 Å². The summed E-state index contributed by atoms with van der Waals surface area (Å²) in [6.45, 7) is 11.6. The van der Waals surface area contributed by atoms with Gasteiger partial charge in [0.1, 0.15) is 0 Å². The van der Waals surface area contributed by atoms with Crippen molar-refractivity contribution in [3.05, 3.63) is 74.5 Å². The third-order valence-electron chi connectivity index (χ3n) is 9.14. The molecule has 1 fully saturated rings. The first-order valence-corrected chi connectivity index (χ1v) is 15.6. The minimum absolute atomic E-state index is 0.0139. The second kappa shape index (κ2) is 13.8. The van der Waals surface area contributed by atoms with Crippen molar-refractivity contribution in [3.8, 4) is 0 Å². The molecule has 0 aromatic carbocycles. The molecule has 3 atom stereocenters. The highest BCUT2D eigenvalue weighted by atomic mass is 32.1. The topological polar surface area (TPSA) is 164 Å². The van der Waals surface area contributed by atoms with Gasteiger partial charge in [0, 0.05) is 71.4 Å². The summed E-state index contributed by atoms with van der Waals surface area (Å²) < 4.78 is 0. The van der Waals surface area contributed by atoms with E-state index in [0.29, 0.717) is 37.0 Å². The number of nitrogens with one attached hydrogen (secondary N) is 4. The fourth-order valence-corrected chi connectivity index (χ4v) is 6.98. The fourth-order valence-electron chi connectivity index (χ4n) is 6.56. The van der Waals surface area contributed by atoms with Gasteiger partial charge in [0.05, 0.1) is 12.0 Å². The summed E-state index contributed by atoms with van der Waals surface area (Å²) >= 11 is 4.38. The molecule has 2 aliphatic heterocycles. The number of aromatic nitrogens is 2. The van der Waals surface area contributed by atoms with Gasteiger partial charge in [-0.25, -0.2) is 0 Å². The number of carbonyl (C=O) groups excluding carboxylic acids is 2. The Bertz CT molecular complexity index is 1560. The van der Waals surface area contributed by atoms with E-state index in [1.54, 1.807) is 6.08 Å². The average Bonchev–Trinajstić information content (AvgIpc) is 3.62. The molecule has 11 heteroatoms. The summed E-state index contributed by atoms with van der Waals surface area (Å²) in [6, 6.07) is -0.209. The molecule has 6 N–H and O–H groups in total. The van der Waals surface area contributed by atoms with Crippen LogP contribution in [0.4, 0.5) is 0 Å². The van der Waals surface area contributed by atoms with E-state index in [9.17, 15) is 29.4 Å². The molecule has 10 nitrogen and oxygen atoms in total. The van der Waals surface area contributed by atoms with Crippen LogP contribution < -0.4 is 10.6 Å². The zero-order valence-corrected chi connectivity index (χ0v) is 26.6. The zero-order chi connectivity index (χ0) is 32.3. The van der Waals surface area contributed by atoms with Crippen molar-refractivity contribution in [1.82, 2.24) is 20.6 Å². The SMILES string of the molecule is C=CC1=C(C)[C@@H](Cc2[nH]c(Cc3[nH]c(/C=C4\NC(=O)[C@H](CS)[C@H]4CC)c(C)c3CCC(=O)O)c(CCC(=O)O)c2C)NC1=O. The van der Waals surface area contributed by atoms with Gasteiger partial charge >= 0.3 is 11.9 Å². The lowest BCUT2D eigenvalue weighted by Crippen LogP contribution is -2.30. The Morgan fingerprint density at radius 3 is 2.09 bits per heavy atom. The van der Waals surface area contributed by atoms with Crippen molar-refractivity contribution in [3.63, 3.8) is 0 Å². The smallest absolute Gasteiger partial charge is 0.303 e. The number of carboxylic acids is 2. The third-order valence-corrected chi connectivity index (χ3v) is 9.54. The minimum atomic E-state index is -0.900. The van der Waals surface area contributed by atoms with E-state index in [4.69, 9.17) is 0 Å². The standard InChI is InChI=1S/C33H42N4O6S/c1-6-19-16(3)26(36-32(19)42)12-24-17(4)21(8-10-30(38)39)28(34-24)14-29-22(9-11-31(40)41)18(5)25(35-29)13-27-20(7-2)23(15-44)33(43)37-27/h6,13,20,23,26,34-35,44H,1,7-12,14-15H2,2-5H3,(H,36,42)(H,37,43)(H,38,39)(H,40,41)/b27-13-/t20-,23-,26-/m1/s1. The zero-order valence-electron chi connectivity index (χ0n) is 25.7. The minimum Gasteiger partial charge on any atom is -0.481 e. The van der Waals surface area contributed by atoms with E-state index in [-0.39, 0.29) is 42.5 Å². The molecular weight excluding hydrogens is 580 g/mol. The molecule has 0 bridgehead atoms. The van der Waals surface area contributed by atoms with E-state index in [2.05, 4.69) is 39.8 Å². The first-order chi connectivity index (χ1) is 20.9. The third kappa shape index (κ3) is 6.72. The van der Waals surface area contributed by atoms with Gasteiger partial charge in [-0.05, 0) is 73.9 Å². The van der Waals surface area contributed by atoms with Crippen LogP contribution in [-0.2, 0) is 44.9 Å². The molecule has 1 saturated heterocycles. The maximum atomic E-state index is 12.6. The average molecular weight is 623 g/mol. The summed E-state index contributed by atoms with van der Waals surface area (Å²) in [5.41, 5.74) is 9.34. The molecule has 0 spiro atoms. The molecule has 2 aromatic rings. The maximum Gasteiger partial charge on any atom is 0.303 e.